The fourth-order valence-electron chi connectivity index (χ4n) is 2.27. The van der Waals surface area contributed by atoms with Crippen molar-refractivity contribution in [1.29, 1.82) is 0 Å². The molecule has 3 unspecified atom stereocenters. The Hall–Kier alpha value is -0.860. The first-order valence-corrected chi connectivity index (χ1v) is 7.60. The minimum absolute atomic E-state index is 0.241. The molecule has 3 atom stereocenters. The summed E-state index contributed by atoms with van der Waals surface area (Å²) in [5.41, 5.74) is 1.36. The van der Waals surface area contributed by atoms with Gasteiger partial charge in [0.2, 0.25) is 0 Å². The predicted octanol–water partition coefficient (Wildman–Crippen LogP) is 3.91. The summed E-state index contributed by atoms with van der Waals surface area (Å²) in [6.07, 6.45) is 4.96. The Labute approximate surface area is 118 Å². The molecule has 0 heterocycles. The Kier molecular flexibility index (Phi) is 7.76. The van der Waals surface area contributed by atoms with E-state index in [-0.39, 0.29) is 12.5 Å². The van der Waals surface area contributed by atoms with Crippen LogP contribution in [0.25, 0.3) is 0 Å². The third-order valence-electron chi connectivity index (χ3n) is 3.90. The second-order valence-electron chi connectivity index (χ2n) is 5.57. The van der Waals surface area contributed by atoms with E-state index >= 15 is 0 Å². The van der Waals surface area contributed by atoms with Crippen LogP contribution in [0.1, 0.15) is 58.1 Å². The number of aliphatic hydroxyl groups is 1. The molecule has 0 aliphatic rings. The highest BCUT2D eigenvalue weighted by Gasteiger charge is 2.17. The van der Waals surface area contributed by atoms with Crippen LogP contribution >= 0.6 is 0 Å². The van der Waals surface area contributed by atoms with Crippen molar-refractivity contribution in [2.24, 2.45) is 5.92 Å². The lowest BCUT2D eigenvalue weighted by molar-refractivity contribution is 0.199. The Bertz CT molecular complexity index is 325. The van der Waals surface area contributed by atoms with Crippen LogP contribution in [0.3, 0.4) is 0 Å². The Morgan fingerprint density at radius 2 is 1.79 bits per heavy atom. The van der Waals surface area contributed by atoms with Gasteiger partial charge in [-0.2, -0.15) is 0 Å². The molecule has 2 N–H and O–H groups in total. The monoisotopic (exact) mass is 263 g/mol. The second-order valence-corrected chi connectivity index (χ2v) is 5.57. The fourth-order valence-corrected chi connectivity index (χ4v) is 2.27. The first-order valence-electron chi connectivity index (χ1n) is 7.60. The average Bonchev–Trinajstić information content (AvgIpc) is 2.46. The van der Waals surface area contributed by atoms with Crippen LogP contribution in [0.2, 0.25) is 0 Å². The van der Waals surface area contributed by atoms with E-state index in [1.807, 2.05) is 0 Å². The average molecular weight is 263 g/mol. The highest BCUT2D eigenvalue weighted by molar-refractivity contribution is 5.19. The minimum atomic E-state index is 0.241. The lowest BCUT2D eigenvalue weighted by Crippen LogP contribution is -2.36. The van der Waals surface area contributed by atoms with Crippen molar-refractivity contribution >= 4 is 0 Å². The molecule has 0 saturated carbocycles. The van der Waals surface area contributed by atoms with E-state index in [1.54, 1.807) is 0 Å². The molecule has 0 aromatic heterocycles. The van der Waals surface area contributed by atoms with Crippen molar-refractivity contribution < 1.29 is 5.11 Å². The van der Waals surface area contributed by atoms with E-state index in [2.05, 4.69) is 56.4 Å². The van der Waals surface area contributed by atoms with Gasteiger partial charge in [0.05, 0.1) is 0 Å². The Morgan fingerprint density at radius 1 is 1.11 bits per heavy atom. The van der Waals surface area contributed by atoms with Gasteiger partial charge in [0.25, 0.3) is 0 Å². The van der Waals surface area contributed by atoms with Crippen LogP contribution in [-0.2, 0) is 0 Å². The maximum absolute atomic E-state index is 9.26. The van der Waals surface area contributed by atoms with Gasteiger partial charge in [-0.15, -0.1) is 0 Å². The number of aliphatic hydroxyl groups excluding tert-OH is 1. The van der Waals surface area contributed by atoms with E-state index in [0.29, 0.717) is 12.1 Å². The molecule has 0 fully saturated rings. The maximum Gasteiger partial charge on any atom is 0.0471 e. The summed E-state index contributed by atoms with van der Waals surface area (Å²) in [6.45, 7) is 6.73. The zero-order valence-corrected chi connectivity index (χ0v) is 12.6. The van der Waals surface area contributed by atoms with Crippen molar-refractivity contribution in [2.45, 2.75) is 58.5 Å². The number of nitrogens with one attached hydrogen (secondary N) is 1. The quantitative estimate of drug-likeness (QED) is 0.662. The first-order chi connectivity index (χ1) is 9.19. The Balaban J connectivity index is 2.64. The highest BCUT2D eigenvalue weighted by atomic mass is 16.3. The molecular formula is C17H29NO. The van der Waals surface area contributed by atoms with Crippen molar-refractivity contribution in [3.63, 3.8) is 0 Å². The summed E-state index contributed by atoms with van der Waals surface area (Å²) in [5.74, 6) is 0.289. The smallest absolute Gasteiger partial charge is 0.0471 e. The number of hydrogen-bond donors (Lipinski definition) is 2. The molecule has 2 heteroatoms. The number of hydrogen-bond acceptors (Lipinski definition) is 2. The molecule has 0 saturated heterocycles. The predicted molar refractivity (Wildman–Crippen MR) is 82.2 cm³/mol. The van der Waals surface area contributed by atoms with Gasteiger partial charge in [-0.3, -0.25) is 0 Å². The van der Waals surface area contributed by atoms with Crippen molar-refractivity contribution in [2.75, 3.05) is 6.61 Å². The van der Waals surface area contributed by atoms with Gasteiger partial charge in [-0.1, -0.05) is 63.4 Å². The third kappa shape index (κ3) is 5.75. The number of rotatable bonds is 9. The number of benzene rings is 1. The zero-order chi connectivity index (χ0) is 14.1. The molecule has 108 valence electrons. The summed E-state index contributed by atoms with van der Waals surface area (Å²) in [6, 6.07) is 11.4. The van der Waals surface area contributed by atoms with Gasteiger partial charge in [0, 0.05) is 18.7 Å². The summed E-state index contributed by atoms with van der Waals surface area (Å²) in [4.78, 5) is 0. The highest BCUT2D eigenvalue weighted by Crippen LogP contribution is 2.21. The normalized spacial score (nSPS) is 16.0. The lowest BCUT2D eigenvalue weighted by atomic mass is 9.97. The second kappa shape index (κ2) is 9.11. The van der Waals surface area contributed by atoms with E-state index in [1.165, 1.54) is 31.2 Å². The topological polar surface area (TPSA) is 32.3 Å². The maximum atomic E-state index is 9.26. The Morgan fingerprint density at radius 3 is 2.37 bits per heavy atom. The molecular weight excluding hydrogens is 234 g/mol. The minimum Gasteiger partial charge on any atom is -0.396 e. The number of unbranched alkanes of at least 4 members (excludes halogenated alkanes) is 2. The van der Waals surface area contributed by atoms with Crippen molar-refractivity contribution in [3.05, 3.63) is 35.9 Å². The third-order valence-corrected chi connectivity index (χ3v) is 3.90. The molecule has 19 heavy (non-hydrogen) atoms. The van der Waals surface area contributed by atoms with Crippen molar-refractivity contribution in [3.8, 4) is 0 Å². The lowest BCUT2D eigenvalue weighted by Gasteiger charge is -2.27. The van der Waals surface area contributed by atoms with Crippen molar-refractivity contribution in [1.82, 2.24) is 5.32 Å². The zero-order valence-electron chi connectivity index (χ0n) is 12.6. The molecule has 0 amide bonds. The molecule has 0 radical (unpaired) electrons. The van der Waals surface area contributed by atoms with Crippen LogP contribution in [-0.4, -0.2) is 17.8 Å². The summed E-state index contributed by atoms with van der Waals surface area (Å²) in [5, 5.41) is 12.9. The van der Waals surface area contributed by atoms with Gasteiger partial charge in [-0.25, -0.2) is 0 Å². The molecule has 1 aromatic carbocycles. The van der Waals surface area contributed by atoms with Crippen LogP contribution in [0.15, 0.2) is 30.3 Å². The van der Waals surface area contributed by atoms with Gasteiger partial charge < -0.3 is 10.4 Å². The van der Waals surface area contributed by atoms with E-state index in [0.717, 1.165) is 0 Å². The summed E-state index contributed by atoms with van der Waals surface area (Å²) >= 11 is 0. The summed E-state index contributed by atoms with van der Waals surface area (Å²) in [7, 11) is 0. The van der Waals surface area contributed by atoms with E-state index in [4.69, 9.17) is 0 Å². The van der Waals surface area contributed by atoms with Crippen LogP contribution in [0, 0.1) is 5.92 Å². The SMILES string of the molecule is CCCCCC(NC(C)C(C)CO)c1ccccc1. The molecule has 2 nitrogen and oxygen atoms in total. The molecule has 0 aliphatic carbocycles. The van der Waals surface area contributed by atoms with Gasteiger partial charge >= 0.3 is 0 Å². The van der Waals surface area contributed by atoms with Gasteiger partial charge in [-0.05, 0) is 24.8 Å². The standard InChI is InChI=1S/C17H29NO/c1-4-5-7-12-17(16-10-8-6-9-11-16)18-15(3)14(2)13-19/h6,8-11,14-15,17-19H,4-5,7,12-13H2,1-3H3. The molecule has 0 aliphatic heterocycles. The largest absolute Gasteiger partial charge is 0.396 e. The molecule has 1 rings (SSSR count). The van der Waals surface area contributed by atoms with Gasteiger partial charge in [0.1, 0.15) is 0 Å². The molecule has 0 spiro atoms. The van der Waals surface area contributed by atoms with E-state index < -0.39 is 0 Å². The van der Waals surface area contributed by atoms with Gasteiger partial charge in [0.15, 0.2) is 0 Å². The van der Waals surface area contributed by atoms with Crippen LogP contribution in [0.5, 0.6) is 0 Å². The first kappa shape index (κ1) is 16.2. The summed E-state index contributed by atoms with van der Waals surface area (Å²) < 4.78 is 0. The van der Waals surface area contributed by atoms with E-state index in [9.17, 15) is 5.11 Å². The fraction of sp³-hybridized carbons (Fsp3) is 0.647. The van der Waals surface area contributed by atoms with Crippen LogP contribution < -0.4 is 5.32 Å². The van der Waals surface area contributed by atoms with Crippen LogP contribution in [0.4, 0.5) is 0 Å². The molecule has 1 aromatic rings. The molecule has 0 bridgehead atoms.